The highest BCUT2D eigenvalue weighted by atomic mass is 127. The fourth-order valence-corrected chi connectivity index (χ4v) is 13.1. The second kappa shape index (κ2) is 14.8. The molecule has 4 aromatic rings. The first-order chi connectivity index (χ1) is 23.5. The summed E-state index contributed by atoms with van der Waals surface area (Å²) in [6, 6.07) is 32.5. The first-order valence-corrected chi connectivity index (χ1v) is 21.8. The van der Waals surface area contributed by atoms with Crippen LogP contribution in [0.3, 0.4) is 0 Å². The molecule has 1 fully saturated rings. The molecule has 2 aliphatic rings. The van der Waals surface area contributed by atoms with Crippen molar-refractivity contribution in [3.63, 3.8) is 0 Å². The van der Waals surface area contributed by atoms with E-state index in [-0.39, 0.29) is 42.8 Å². The number of halogens is 2. The van der Waals surface area contributed by atoms with Crippen molar-refractivity contribution in [3.8, 4) is 5.75 Å². The highest BCUT2D eigenvalue weighted by Gasteiger charge is 2.66. The Bertz CT molecular complexity index is 1820. The van der Waals surface area contributed by atoms with Gasteiger partial charge in [-0.25, -0.2) is 0 Å². The van der Waals surface area contributed by atoms with Crippen LogP contribution in [-0.4, -0.2) is 56.3 Å². The monoisotopic (exact) mass is 900 g/mol. The van der Waals surface area contributed by atoms with Gasteiger partial charge >= 0.3 is 0 Å². The predicted molar refractivity (Wildman–Crippen MR) is 213 cm³/mol. The van der Waals surface area contributed by atoms with E-state index < -0.39 is 19.8 Å². The van der Waals surface area contributed by atoms with Gasteiger partial charge in [-0.15, -0.1) is 0 Å². The molecule has 0 saturated carbocycles. The number of hydrogen-bond acceptors (Lipinski definition) is 5. The minimum absolute atomic E-state index is 0.0770. The molecule has 0 bridgehead atoms. The highest BCUT2D eigenvalue weighted by molar-refractivity contribution is 14.1. The van der Waals surface area contributed by atoms with Gasteiger partial charge in [0.1, 0.15) is 5.75 Å². The van der Waals surface area contributed by atoms with Crippen LogP contribution in [0.15, 0.2) is 97.1 Å². The van der Waals surface area contributed by atoms with E-state index in [0.29, 0.717) is 13.1 Å². The molecule has 2 aliphatic heterocycles. The standard InChI is InChI=1S/C39H42I2N2O5Si/c1-26-37(49(3,4)32-16-14-31(47-2)15-17-32)35(23-36(45)42(19-20-44)24-27-9-6-5-7-10-27)48-39(26)33-22-30(41)13-18-34(33)43(38(39)46)25-28-11-8-12-29(40)21-28/h5-18,21-22,26,35,37,44H,19-20,23-25H2,1-4H3/t26-,35+,37-,39+/m0/s1. The summed E-state index contributed by atoms with van der Waals surface area (Å²) in [5, 5.41) is 11.2. The predicted octanol–water partition coefficient (Wildman–Crippen LogP) is 7.08. The number of aliphatic hydroxyl groups is 1. The Labute approximate surface area is 317 Å². The van der Waals surface area contributed by atoms with Crippen LogP contribution in [0.25, 0.3) is 0 Å². The summed E-state index contributed by atoms with van der Waals surface area (Å²) < 4.78 is 14.8. The lowest BCUT2D eigenvalue weighted by Gasteiger charge is -2.37. The summed E-state index contributed by atoms with van der Waals surface area (Å²) in [7, 11) is -0.776. The molecule has 0 aliphatic carbocycles. The third-order valence-electron chi connectivity index (χ3n) is 10.3. The average molecular weight is 901 g/mol. The fraction of sp³-hybridized carbons (Fsp3) is 0.333. The number of carbonyl (C=O) groups excluding carboxylic acids is 2. The number of anilines is 1. The minimum Gasteiger partial charge on any atom is -0.497 e. The number of aliphatic hydroxyl groups excluding tert-OH is 1. The quantitative estimate of drug-likeness (QED) is 0.129. The second-order valence-electron chi connectivity index (χ2n) is 13.6. The smallest absolute Gasteiger partial charge is 0.264 e. The molecule has 7 nitrogen and oxygen atoms in total. The molecule has 4 aromatic carbocycles. The van der Waals surface area contributed by atoms with E-state index in [1.165, 1.54) is 5.19 Å². The van der Waals surface area contributed by atoms with Crippen molar-refractivity contribution in [1.82, 2.24) is 4.90 Å². The number of methoxy groups -OCH3 is 1. The lowest BCUT2D eigenvalue weighted by Crippen LogP contribution is -2.52. The Hall–Kier alpha value is -2.78. The van der Waals surface area contributed by atoms with Crippen molar-refractivity contribution in [3.05, 3.63) is 121 Å². The third-order valence-corrected chi connectivity index (χ3v) is 16.0. The minimum atomic E-state index is -2.44. The largest absolute Gasteiger partial charge is 0.497 e. The Morgan fingerprint density at radius 3 is 2.33 bits per heavy atom. The number of amides is 2. The van der Waals surface area contributed by atoms with Gasteiger partial charge < -0.3 is 24.4 Å². The summed E-state index contributed by atoms with van der Waals surface area (Å²) in [4.78, 5) is 32.9. The highest BCUT2D eigenvalue weighted by Crippen LogP contribution is 2.60. The van der Waals surface area contributed by atoms with E-state index in [4.69, 9.17) is 9.47 Å². The Balaban J connectivity index is 1.43. The van der Waals surface area contributed by atoms with Crippen LogP contribution in [0.5, 0.6) is 5.75 Å². The maximum absolute atomic E-state index is 15.1. The van der Waals surface area contributed by atoms with Crippen LogP contribution in [0.1, 0.15) is 30.0 Å². The zero-order chi connectivity index (χ0) is 34.9. The zero-order valence-corrected chi connectivity index (χ0v) is 33.6. The van der Waals surface area contributed by atoms with Crippen molar-refractivity contribution in [1.29, 1.82) is 0 Å². The van der Waals surface area contributed by atoms with Gasteiger partial charge in [0.05, 0.1) is 46.5 Å². The topological polar surface area (TPSA) is 79.3 Å². The molecule has 0 unspecified atom stereocenters. The van der Waals surface area contributed by atoms with Gasteiger partial charge in [0.15, 0.2) is 5.60 Å². The van der Waals surface area contributed by atoms with E-state index in [0.717, 1.165) is 35.3 Å². The van der Waals surface area contributed by atoms with E-state index in [9.17, 15) is 9.90 Å². The molecule has 0 aromatic heterocycles. The van der Waals surface area contributed by atoms with Gasteiger partial charge in [0.25, 0.3) is 5.91 Å². The Morgan fingerprint density at radius 2 is 1.65 bits per heavy atom. The lowest BCUT2D eigenvalue weighted by molar-refractivity contribution is -0.150. The van der Waals surface area contributed by atoms with Gasteiger partial charge in [0.2, 0.25) is 5.91 Å². The number of carbonyl (C=O) groups is 2. The van der Waals surface area contributed by atoms with Crippen LogP contribution in [0, 0.1) is 13.1 Å². The van der Waals surface area contributed by atoms with Crippen LogP contribution in [-0.2, 0) is 33.0 Å². The van der Waals surface area contributed by atoms with Gasteiger partial charge in [0, 0.05) is 31.7 Å². The molecular weight excluding hydrogens is 858 g/mol. The van der Waals surface area contributed by atoms with Crippen LogP contribution < -0.4 is 14.8 Å². The summed E-state index contributed by atoms with van der Waals surface area (Å²) in [5.41, 5.74) is 2.45. The summed E-state index contributed by atoms with van der Waals surface area (Å²) in [6.07, 6.45) is -0.407. The maximum Gasteiger partial charge on any atom is 0.264 e. The molecule has 4 atom stereocenters. The fourth-order valence-electron chi connectivity index (χ4n) is 7.98. The maximum atomic E-state index is 15.1. The van der Waals surface area contributed by atoms with Crippen molar-refractivity contribution in [2.45, 2.75) is 56.8 Å². The van der Waals surface area contributed by atoms with E-state index in [1.54, 1.807) is 12.0 Å². The second-order valence-corrected chi connectivity index (χ2v) is 20.7. The van der Waals surface area contributed by atoms with E-state index >= 15 is 4.79 Å². The summed E-state index contributed by atoms with van der Waals surface area (Å²) in [6.45, 7) is 7.69. The first-order valence-electron chi connectivity index (χ1n) is 16.6. The average Bonchev–Trinajstić information content (AvgIpc) is 3.51. The van der Waals surface area contributed by atoms with Crippen LogP contribution in [0.2, 0.25) is 18.6 Å². The molecule has 0 radical (unpaired) electrons. The van der Waals surface area contributed by atoms with Crippen molar-refractivity contribution in [2.75, 3.05) is 25.2 Å². The molecular formula is C39H42I2N2O5Si. The lowest BCUT2D eigenvalue weighted by atomic mass is 9.82. The van der Waals surface area contributed by atoms with Gasteiger partial charge in [-0.2, -0.15) is 0 Å². The number of fused-ring (bicyclic) bond motifs is 2. The SMILES string of the molecule is COc1ccc([Si](C)(C)[C@@H]2[C@@H](CC(=O)N(CCO)Cc3ccccc3)O[C@]3(C(=O)N(Cc4cccc(I)c4)c4ccc(I)cc43)[C@H]2C)cc1. The Kier molecular flexibility index (Phi) is 10.9. The number of rotatable bonds is 11. The number of nitrogens with zero attached hydrogens (tertiary/aromatic N) is 2. The van der Waals surface area contributed by atoms with Crippen LogP contribution in [0.4, 0.5) is 5.69 Å². The van der Waals surface area contributed by atoms with E-state index in [2.05, 4.69) is 95.5 Å². The van der Waals surface area contributed by atoms with Gasteiger partial charge in [-0.1, -0.05) is 79.8 Å². The van der Waals surface area contributed by atoms with Crippen molar-refractivity contribution >= 4 is 75.9 Å². The molecule has 2 amide bonds. The van der Waals surface area contributed by atoms with Gasteiger partial charge in [-0.3, -0.25) is 9.59 Å². The Morgan fingerprint density at radius 1 is 0.959 bits per heavy atom. The van der Waals surface area contributed by atoms with Gasteiger partial charge in [-0.05, 0) is 104 Å². The number of benzene rings is 4. The molecule has 256 valence electrons. The van der Waals surface area contributed by atoms with Crippen LogP contribution >= 0.6 is 45.2 Å². The summed E-state index contributed by atoms with van der Waals surface area (Å²) in [5.74, 6) is 0.390. The van der Waals surface area contributed by atoms with E-state index in [1.807, 2.05) is 71.6 Å². The normalized spacial score (nSPS) is 21.7. The molecule has 6 rings (SSSR count). The molecule has 2 heterocycles. The molecule has 49 heavy (non-hydrogen) atoms. The molecule has 10 heteroatoms. The number of hydrogen-bond donors (Lipinski definition) is 1. The third kappa shape index (κ3) is 6.95. The molecule has 1 N–H and O–H groups in total. The number of ether oxygens (including phenoxy) is 2. The van der Waals surface area contributed by atoms with Crippen molar-refractivity contribution in [2.24, 2.45) is 5.92 Å². The van der Waals surface area contributed by atoms with Crippen molar-refractivity contribution < 1.29 is 24.2 Å². The molecule has 1 saturated heterocycles. The summed E-state index contributed by atoms with van der Waals surface area (Å²) >= 11 is 4.61. The zero-order valence-electron chi connectivity index (χ0n) is 28.2. The molecule has 1 spiro atoms. The first kappa shape index (κ1) is 36.0.